The van der Waals surface area contributed by atoms with Gasteiger partial charge in [-0.25, -0.2) is 0 Å². The maximum atomic E-state index is 4.76. The Morgan fingerprint density at radius 3 is 2.71 bits per heavy atom. The molecular weight excluding hydrogens is 348 g/mol. The Morgan fingerprint density at radius 1 is 1.18 bits per heavy atom. The normalized spacial score (nSPS) is 16.1. The van der Waals surface area contributed by atoms with Gasteiger partial charge < -0.3 is 10.6 Å². The first-order valence-electron chi connectivity index (χ1n) is 10.3. The van der Waals surface area contributed by atoms with Crippen LogP contribution in [0, 0.1) is 6.92 Å². The van der Waals surface area contributed by atoms with Crippen molar-refractivity contribution >= 4 is 5.96 Å². The Morgan fingerprint density at radius 2 is 2.04 bits per heavy atom. The Labute approximate surface area is 168 Å². The van der Waals surface area contributed by atoms with Crippen molar-refractivity contribution in [2.24, 2.45) is 4.99 Å². The molecule has 0 atom stereocenters. The maximum absolute atomic E-state index is 4.76. The van der Waals surface area contributed by atoms with Crippen LogP contribution in [0.4, 0.5) is 0 Å². The van der Waals surface area contributed by atoms with Crippen LogP contribution in [0.5, 0.6) is 0 Å². The van der Waals surface area contributed by atoms with Crippen molar-refractivity contribution in [1.82, 2.24) is 25.5 Å². The van der Waals surface area contributed by atoms with E-state index in [1.54, 1.807) is 0 Å². The second kappa shape index (κ2) is 10.8. The number of aliphatic imine (C=N–C) groups is 1. The third-order valence-electron chi connectivity index (χ3n) is 5.03. The SMILES string of the molecule is CCNC(=NCCc1ccc(C)nc1)NC1CCN(Cc2ccccn2)CC1. The molecule has 3 heterocycles. The van der Waals surface area contributed by atoms with Crippen LogP contribution in [0.2, 0.25) is 0 Å². The molecule has 2 N–H and O–H groups in total. The van der Waals surface area contributed by atoms with Crippen LogP contribution in [0.25, 0.3) is 0 Å². The third kappa shape index (κ3) is 6.60. The quantitative estimate of drug-likeness (QED) is 0.571. The molecule has 0 aromatic carbocycles. The van der Waals surface area contributed by atoms with Gasteiger partial charge in [0.2, 0.25) is 0 Å². The minimum Gasteiger partial charge on any atom is -0.357 e. The van der Waals surface area contributed by atoms with Crippen LogP contribution in [0.15, 0.2) is 47.7 Å². The topological polar surface area (TPSA) is 65.4 Å². The molecule has 28 heavy (non-hydrogen) atoms. The van der Waals surface area contributed by atoms with Gasteiger partial charge in [-0.05, 0) is 56.9 Å². The van der Waals surface area contributed by atoms with E-state index >= 15 is 0 Å². The summed E-state index contributed by atoms with van der Waals surface area (Å²) in [4.78, 5) is 16.0. The largest absolute Gasteiger partial charge is 0.357 e. The van der Waals surface area contributed by atoms with Crippen molar-refractivity contribution in [1.29, 1.82) is 0 Å². The lowest BCUT2D eigenvalue weighted by Gasteiger charge is -2.32. The predicted octanol–water partition coefficient (Wildman–Crippen LogP) is 2.55. The van der Waals surface area contributed by atoms with E-state index < -0.39 is 0 Å². The number of rotatable bonds is 7. The highest BCUT2D eigenvalue weighted by molar-refractivity contribution is 5.80. The van der Waals surface area contributed by atoms with Crippen LogP contribution < -0.4 is 10.6 Å². The molecule has 0 spiro atoms. The summed E-state index contributed by atoms with van der Waals surface area (Å²) in [5.41, 5.74) is 3.43. The molecule has 150 valence electrons. The average Bonchev–Trinajstić information content (AvgIpc) is 2.72. The second-order valence-corrected chi connectivity index (χ2v) is 7.33. The molecule has 0 aliphatic carbocycles. The molecule has 1 aliphatic rings. The van der Waals surface area contributed by atoms with Crippen molar-refractivity contribution in [3.8, 4) is 0 Å². The molecule has 1 aliphatic heterocycles. The number of guanidine groups is 1. The first kappa shape index (κ1) is 20.3. The molecule has 0 bridgehead atoms. The Kier molecular flexibility index (Phi) is 7.79. The zero-order chi connectivity index (χ0) is 19.6. The summed E-state index contributed by atoms with van der Waals surface area (Å²) >= 11 is 0. The molecule has 0 saturated carbocycles. The molecule has 0 unspecified atom stereocenters. The van der Waals surface area contributed by atoms with E-state index in [4.69, 9.17) is 4.99 Å². The van der Waals surface area contributed by atoms with Gasteiger partial charge in [0.05, 0.1) is 5.69 Å². The maximum Gasteiger partial charge on any atom is 0.191 e. The van der Waals surface area contributed by atoms with Gasteiger partial charge in [0.25, 0.3) is 0 Å². The van der Waals surface area contributed by atoms with Crippen LogP contribution in [0.1, 0.15) is 36.7 Å². The highest BCUT2D eigenvalue weighted by Gasteiger charge is 2.20. The van der Waals surface area contributed by atoms with Crippen molar-refractivity contribution in [3.63, 3.8) is 0 Å². The van der Waals surface area contributed by atoms with E-state index in [0.29, 0.717) is 6.04 Å². The van der Waals surface area contributed by atoms with Gasteiger partial charge in [-0.3, -0.25) is 19.9 Å². The van der Waals surface area contributed by atoms with E-state index in [-0.39, 0.29) is 0 Å². The third-order valence-corrected chi connectivity index (χ3v) is 5.03. The number of nitrogens with one attached hydrogen (secondary N) is 2. The first-order chi connectivity index (χ1) is 13.7. The molecule has 0 radical (unpaired) electrons. The monoisotopic (exact) mass is 380 g/mol. The molecule has 3 rings (SSSR count). The Hall–Kier alpha value is -2.47. The molecule has 6 heteroatoms. The fraction of sp³-hybridized carbons (Fsp3) is 0.500. The zero-order valence-electron chi connectivity index (χ0n) is 17.1. The average molecular weight is 381 g/mol. The number of pyridine rings is 2. The summed E-state index contributed by atoms with van der Waals surface area (Å²) in [6.45, 7) is 8.86. The lowest BCUT2D eigenvalue weighted by molar-refractivity contribution is 0.196. The lowest BCUT2D eigenvalue weighted by Crippen LogP contribution is -2.48. The highest BCUT2D eigenvalue weighted by Crippen LogP contribution is 2.13. The number of piperidine rings is 1. The van der Waals surface area contributed by atoms with Gasteiger partial charge in [-0.1, -0.05) is 12.1 Å². The lowest BCUT2D eigenvalue weighted by atomic mass is 10.0. The summed E-state index contributed by atoms with van der Waals surface area (Å²) in [5, 5.41) is 6.99. The van der Waals surface area contributed by atoms with Gasteiger partial charge in [-0.2, -0.15) is 0 Å². The van der Waals surface area contributed by atoms with Gasteiger partial charge in [-0.15, -0.1) is 0 Å². The summed E-state index contributed by atoms with van der Waals surface area (Å²) < 4.78 is 0. The molecule has 1 fully saturated rings. The van der Waals surface area contributed by atoms with Gasteiger partial charge in [0.15, 0.2) is 5.96 Å². The second-order valence-electron chi connectivity index (χ2n) is 7.33. The minimum atomic E-state index is 0.471. The van der Waals surface area contributed by atoms with Crippen LogP contribution in [0.3, 0.4) is 0 Å². The molecule has 0 amide bonds. The van der Waals surface area contributed by atoms with Crippen molar-refractivity contribution in [2.45, 2.75) is 45.7 Å². The van der Waals surface area contributed by atoms with Crippen LogP contribution in [-0.2, 0) is 13.0 Å². The van der Waals surface area contributed by atoms with E-state index in [1.807, 2.05) is 25.4 Å². The fourth-order valence-corrected chi connectivity index (χ4v) is 3.41. The number of aryl methyl sites for hydroxylation is 1. The predicted molar refractivity (Wildman–Crippen MR) is 114 cm³/mol. The molecule has 2 aromatic rings. The van der Waals surface area contributed by atoms with Crippen LogP contribution in [-0.4, -0.2) is 53.0 Å². The zero-order valence-corrected chi connectivity index (χ0v) is 17.1. The summed E-state index contributed by atoms with van der Waals surface area (Å²) in [7, 11) is 0. The Balaban J connectivity index is 1.44. The smallest absolute Gasteiger partial charge is 0.191 e. The highest BCUT2D eigenvalue weighted by atomic mass is 15.2. The fourth-order valence-electron chi connectivity index (χ4n) is 3.41. The summed E-state index contributed by atoms with van der Waals surface area (Å²) in [6, 6.07) is 10.8. The number of aromatic nitrogens is 2. The van der Waals surface area contributed by atoms with E-state index in [1.165, 1.54) is 5.56 Å². The number of hydrogen-bond donors (Lipinski definition) is 2. The molecular formula is C22H32N6. The first-order valence-corrected chi connectivity index (χ1v) is 10.3. The summed E-state index contributed by atoms with van der Waals surface area (Å²) in [5.74, 6) is 0.922. The van der Waals surface area contributed by atoms with Gasteiger partial charge in [0, 0.05) is 56.9 Å². The molecule has 1 saturated heterocycles. The number of hydrogen-bond acceptors (Lipinski definition) is 4. The van der Waals surface area contributed by atoms with E-state index in [0.717, 1.165) is 69.3 Å². The van der Waals surface area contributed by atoms with E-state index in [2.05, 4.69) is 56.7 Å². The van der Waals surface area contributed by atoms with Crippen molar-refractivity contribution < 1.29 is 0 Å². The van der Waals surface area contributed by atoms with Crippen LogP contribution >= 0.6 is 0 Å². The van der Waals surface area contributed by atoms with Crippen molar-refractivity contribution in [3.05, 3.63) is 59.7 Å². The van der Waals surface area contributed by atoms with Gasteiger partial charge >= 0.3 is 0 Å². The minimum absolute atomic E-state index is 0.471. The number of nitrogens with zero attached hydrogens (tertiary/aromatic N) is 4. The molecule has 6 nitrogen and oxygen atoms in total. The standard InChI is InChI=1S/C22H32N6/c1-3-23-22(25-13-9-19-8-7-18(2)26-16-19)27-20-10-14-28(15-11-20)17-21-6-4-5-12-24-21/h4-8,12,16,20H,3,9-11,13-15,17H2,1-2H3,(H2,23,25,27). The van der Waals surface area contributed by atoms with E-state index in [9.17, 15) is 0 Å². The number of likely N-dealkylation sites (tertiary alicyclic amines) is 1. The van der Waals surface area contributed by atoms with Crippen molar-refractivity contribution in [2.75, 3.05) is 26.2 Å². The summed E-state index contributed by atoms with van der Waals surface area (Å²) in [6.07, 6.45) is 6.97. The van der Waals surface area contributed by atoms with Gasteiger partial charge in [0.1, 0.15) is 0 Å². The molecule has 2 aromatic heterocycles. The Bertz CT molecular complexity index is 720.